The Kier molecular flexibility index (Phi) is 8.05. The highest BCUT2D eigenvalue weighted by molar-refractivity contribution is 6.19. The van der Waals surface area contributed by atoms with Crippen LogP contribution in [0.2, 0.25) is 0 Å². The molecule has 0 N–H and O–H groups in total. The molecule has 0 saturated heterocycles. The van der Waals surface area contributed by atoms with Gasteiger partial charge in [-0.3, -0.25) is 0 Å². The van der Waals surface area contributed by atoms with Gasteiger partial charge in [-0.05, 0) is 160 Å². The summed E-state index contributed by atoms with van der Waals surface area (Å²) >= 11 is 0. The van der Waals surface area contributed by atoms with Gasteiger partial charge in [-0.15, -0.1) is 0 Å². The SMILES string of the molecule is CC1(C)c2cc(-c3ccc4c(c3)C3CCCCC3N4c3ccccc3)c3ccccc3c2-c2cc(-c3ccc4c(c3)C3(C)CCCCC3(C)N4c3ccccc3)c3c(oc4ccccc43)c21. The first kappa shape index (κ1) is 38.7. The minimum Gasteiger partial charge on any atom is -0.456 e. The first-order valence-electron chi connectivity index (χ1n) is 24.8. The van der Waals surface area contributed by atoms with Gasteiger partial charge >= 0.3 is 0 Å². The van der Waals surface area contributed by atoms with E-state index in [0.29, 0.717) is 12.0 Å². The molecule has 4 atom stereocenters. The van der Waals surface area contributed by atoms with Crippen molar-refractivity contribution in [2.24, 2.45) is 0 Å². The minimum atomic E-state index is -0.311. The lowest BCUT2D eigenvalue weighted by atomic mass is 9.61. The van der Waals surface area contributed by atoms with Crippen LogP contribution in [0.5, 0.6) is 0 Å². The third-order valence-corrected chi connectivity index (χ3v) is 17.8. The highest BCUT2D eigenvalue weighted by Crippen LogP contribution is 2.63. The molecule has 2 saturated carbocycles. The van der Waals surface area contributed by atoms with Gasteiger partial charge in [0.2, 0.25) is 0 Å². The van der Waals surface area contributed by atoms with E-state index in [9.17, 15) is 0 Å². The summed E-state index contributed by atoms with van der Waals surface area (Å²) in [6.07, 6.45) is 9.97. The van der Waals surface area contributed by atoms with Crippen molar-refractivity contribution >= 4 is 55.5 Å². The van der Waals surface area contributed by atoms with Crippen LogP contribution in [0.3, 0.4) is 0 Å². The van der Waals surface area contributed by atoms with Gasteiger partial charge in [0.25, 0.3) is 0 Å². The van der Waals surface area contributed by atoms with Crippen molar-refractivity contribution in [3.05, 3.63) is 180 Å². The van der Waals surface area contributed by atoms with Crippen molar-refractivity contribution in [3.8, 4) is 33.4 Å². The maximum Gasteiger partial charge on any atom is 0.140 e. The van der Waals surface area contributed by atoms with Gasteiger partial charge in [0.05, 0.1) is 5.54 Å². The van der Waals surface area contributed by atoms with E-state index in [-0.39, 0.29) is 16.4 Å². The van der Waals surface area contributed by atoms with Crippen LogP contribution in [0.25, 0.3) is 66.1 Å². The summed E-state index contributed by atoms with van der Waals surface area (Å²) < 4.78 is 7.17. The van der Waals surface area contributed by atoms with Gasteiger partial charge in [0, 0.05) is 61.9 Å². The normalized spacial score (nSPS) is 23.5. The fourth-order valence-electron chi connectivity index (χ4n) is 14.5. The van der Waals surface area contributed by atoms with Crippen LogP contribution in [0.1, 0.15) is 107 Å². The smallest absolute Gasteiger partial charge is 0.140 e. The van der Waals surface area contributed by atoms with Crippen molar-refractivity contribution < 1.29 is 4.42 Å². The van der Waals surface area contributed by atoms with E-state index in [2.05, 4.69) is 195 Å². The molecule has 3 aliphatic carbocycles. The van der Waals surface area contributed by atoms with Crippen molar-refractivity contribution in [1.82, 2.24) is 0 Å². The lowest BCUT2D eigenvalue weighted by Gasteiger charge is -2.50. The summed E-state index contributed by atoms with van der Waals surface area (Å²) in [7, 11) is 0. The summed E-state index contributed by atoms with van der Waals surface area (Å²) in [5.74, 6) is 0.546. The number of rotatable bonds is 4. The van der Waals surface area contributed by atoms with Crippen molar-refractivity contribution in [1.29, 1.82) is 0 Å². The Balaban J connectivity index is 0.982. The Bertz CT molecular complexity index is 3470. The molecule has 66 heavy (non-hydrogen) atoms. The van der Waals surface area contributed by atoms with Crippen LogP contribution in [-0.4, -0.2) is 11.6 Å². The summed E-state index contributed by atoms with van der Waals surface area (Å²) in [5.41, 5.74) is 20.5. The predicted molar refractivity (Wildman–Crippen MR) is 276 cm³/mol. The first-order chi connectivity index (χ1) is 32.2. The van der Waals surface area contributed by atoms with E-state index in [1.807, 2.05) is 0 Å². The first-order valence-corrected chi connectivity index (χ1v) is 24.8. The lowest BCUT2D eigenvalue weighted by Crippen LogP contribution is -2.54. The summed E-state index contributed by atoms with van der Waals surface area (Å²) in [5, 5.41) is 5.05. The van der Waals surface area contributed by atoms with Crippen LogP contribution in [-0.2, 0) is 10.8 Å². The van der Waals surface area contributed by atoms with Gasteiger partial charge < -0.3 is 14.2 Å². The van der Waals surface area contributed by atoms with Crippen LogP contribution in [0, 0.1) is 0 Å². The molecule has 0 amide bonds. The third-order valence-electron chi connectivity index (χ3n) is 17.8. The van der Waals surface area contributed by atoms with Crippen molar-refractivity contribution in [3.63, 3.8) is 0 Å². The molecule has 0 spiro atoms. The summed E-state index contributed by atoms with van der Waals surface area (Å²) in [4.78, 5) is 5.35. The number of para-hydroxylation sites is 3. The second-order valence-corrected chi connectivity index (χ2v) is 21.3. The fraction of sp³-hybridized carbons (Fsp3) is 0.270. The number of fused-ring (bicyclic) bond motifs is 15. The molecule has 324 valence electrons. The molecule has 8 aromatic carbocycles. The zero-order valence-electron chi connectivity index (χ0n) is 38.6. The second-order valence-electron chi connectivity index (χ2n) is 21.3. The van der Waals surface area contributed by atoms with E-state index < -0.39 is 0 Å². The Hall–Kier alpha value is -6.58. The Morgan fingerprint density at radius 2 is 1.20 bits per heavy atom. The molecule has 4 unspecified atom stereocenters. The number of hydrogen-bond donors (Lipinski definition) is 0. The van der Waals surface area contributed by atoms with Crippen molar-refractivity contribution in [2.45, 2.75) is 107 Å². The third kappa shape index (κ3) is 5.04. The second kappa shape index (κ2) is 13.7. The highest BCUT2D eigenvalue weighted by Gasteiger charge is 2.57. The lowest BCUT2D eigenvalue weighted by molar-refractivity contribution is 0.195. The molecular weight excluding hydrogens is 801 g/mol. The monoisotopic (exact) mass is 856 g/mol. The topological polar surface area (TPSA) is 19.6 Å². The molecule has 3 nitrogen and oxygen atoms in total. The maximum absolute atomic E-state index is 7.17. The highest BCUT2D eigenvalue weighted by atomic mass is 16.3. The van der Waals surface area contributed by atoms with Crippen LogP contribution < -0.4 is 9.80 Å². The molecule has 2 fully saturated rings. The van der Waals surface area contributed by atoms with Crippen LogP contribution in [0.15, 0.2) is 162 Å². The van der Waals surface area contributed by atoms with E-state index >= 15 is 0 Å². The van der Waals surface area contributed by atoms with Gasteiger partial charge in [-0.2, -0.15) is 0 Å². The van der Waals surface area contributed by atoms with E-state index in [1.54, 1.807) is 0 Å². The zero-order valence-corrected chi connectivity index (χ0v) is 38.6. The zero-order chi connectivity index (χ0) is 44.1. The summed E-state index contributed by atoms with van der Waals surface area (Å²) in [6.45, 7) is 9.96. The average Bonchev–Trinajstić information content (AvgIpc) is 4.03. The number of nitrogens with zero attached hydrogens (tertiary/aromatic N) is 2. The standard InChI is InChI=1S/C63H56N2O/c1-61(2)52-38-47(39-29-31-54-49(35-39)44-24-13-15-27-53(44)64(54)41-19-7-5-8-20-41)43-23-11-12-25-45(43)57(52)50-37-48(58-46-26-14-16-28-56(46)66-60(58)59(50)61)40-30-32-55-51(36-40)62(3)33-17-18-34-63(62,4)65(55)42-21-9-6-10-22-42/h5-12,14,16,19-23,25-26,28-32,35-38,44,53H,13,15,17-18,24,27,33-34H2,1-4H3. The molecule has 9 aromatic rings. The van der Waals surface area contributed by atoms with E-state index in [0.717, 1.165) is 11.2 Å². The molecule has 3 heterocycles. The molecular formula is C63H56N2O. The van der Waals surface area contributed by atoms with Gasteiger partial charge in [0.15, 0.2) is 0 Å². The largest absolute Gasteiger partial charge is 0.456 e. The van der Waals surface area contributed by atoms with Gasteiger partial charge in [-0.25, -0.2) is 0 Å². The number of benzene rings is 8. The van der Waals surface area contributed by atoms with Crippen LogP contribution >= 0.6 is 0 Å². The molecule has 2 aliphatic heterocycles. The molecule has 0 radical (unpaired) electrons. The van der Waals surface area contributed by atoms with Gasteiger partial charge in [-0.1, -0.05) is 137 Å². The Labute approximate surface area is 388 Å². The molecule has 0 bridgehead atoms. The molecule has 5 aliphatic rings. The number of furan rings is 1. The van der Waals surface area contributed by atoms with Gasteiger partial charge in [0.1, 0.15) is 11.2 Å². The predicted octanol–water partition coefficient (Wildman–Crippen LogP) is 17.3. The molecule has 14 rings (SSSR count). The van der Waals surface area contributed by atoms with Crippen molar-refractivity contribution in [2.75, 3.05) is 9.80 Å². The average molecular weight is 857 g/mol. The molecule has 3 heteroatoms. The maximum atomic E-state index is 7.17. The van der Waals surface area contributed by atoms with E-state index in [1.165, 1.54) is 151 Å². The summed E-state index contributed by atoms with van der Waals surface area (Å²) in [6, 6.07) is 60.7. The van der Waals surface area contributed by atoms with E-state index in [4.69, 9.17) is 4.42 Å². The fourth-order valence-corrected chi connectivity index (χ4v) is 14.5. The minimum absolute atomic E-state index is 0.0111. The van der Waals surface area contributed by atoms with Crippen LogP contribution in [0.4, 0.5) is 22.7 Å². The number of hydrogen-bond acceptors (Lipinski definition) is 3. The number of anilines is 4. The Morgan fingerprint density at radius 3 is 2.00 bits per heavy atom. The Morgan fingerprint density at radius 1 is 0.530 bits per heavy atom. The molecule has 1 aromatic heterocycles. The quantitative estimate of drug-likeness (QED) is 0.176.